The summed E-state index contributed by atoms with van der Waals surface area (Å²) in [4.78, 5) is 15.6. The van der Waals surface area contributed by atoms with Crippen LogP contribution >= 0.6 is 0 Å². The maximum absolute atomic E-state index is 13.3. The number of anilines is 2. The molecule has 18 heavy (non-hydrogen) atoms. The number of aromatic nitrogens is 1. The molecule has 0 fully saturated rings. The number of nitrogen functional groups attached to an aromatic ring is 1. The zero-order chi connectivity index (χ0) is 13.1. The van der Waals surface area contributed by atoms with Crippen molar-refractivity contribution in [2.24, 2.45) is 0 Å². The van der Waals surface area contributed by atoms with Gasteiger partial charge in [-0.2, -0.15) is 0 Å². The van der Waals surface area contributed by atoms with Crippen LogP contribution in [0.25, 0.3) is 0 Å². The first-order chi connectivity index (χ1) is 8.59. The molecule has 0 bridgehead atoms. The van der Waals surface area contributed by atoms with Gasteiger partial charge in [0.1, 0.15) is 0 Å². The number of hydrogen-bond donors (Lipinski definition) is 2. The lowest BCUT2D eigenvalue weighted by molar-refractivity contribution is 0.102. The third-order valence-electron chi connectivity index (χ3n) is 2.64. The van der Waals surface area contributed by atoms with Crippen molar-refractivity contribution in [1.29, 1.82) is 0 Å². The number of benzene rings is 1. The van der Waals surface area contributed by atoms with Gasteiger partial charge in [-0.15, -0.1) is 0 Å². The van der Waals surface area contributed by atoms with E-state index in [2.05, 4.69) is 10.3 Å². The molecular formula is C13H12FN3O. The lowest BCUT2D eigenvalue weighted by atomic mass is 10.1. The Morgan fingerprint density at radius 2 is 2.17 bits per heavy atom. The first kappa shape index (κ1) is 12.0. The van der Waals surface area contributed by atoms with Gasteiger partial charge in [0.2, 0.25) is 0 Å². The van der Waals surface area contributed by atoms with Gasteiger partial charge in [0.25, 0.3) is 5.91 Å². The van der Waals surface area contributed by atoms with Crippen LogP contribution < -0.4 is 11.1 Å². The number of amides is 1. The Labute approximate surface area is 104 Å². The van der Waals surface area contributed by atoms with E-state index >= 15 is 0 Å². The maximum Gasteiger partial charge on any atom is 0.256 e. The molecule has 92 valence electrons. The Morgan fingerprint density at radius 3 is 2.89 bits per heavy atom. The van der Waals surface area contributed by atoms with Gasteiger partial charge >= 0.3 is 0 Å². The second-order valence-corrected chi connectivity index (χ2v) is 3.83. The van der Waals surface area contributed by atoms with E-state index < -0.39 is 11.7 Å². The van der Waals surface area contributed by atoms with Crippen molar-refractivity contribution in [3.63, 3.8) is 0 Å². The molecule has 1 aromatic heterocycles. The van der Waals surface area contributed by atoms with E-state index in [0.717, 1.165) is 6.20 Å². The first-order valence-corrected chi connectivity index (χ1v) is 5.35. The Morgan fingerprint density at radius 1 is 1.39 bits per heavy atom. The zero-order valence-corrected chi connectivity index (χ0v) is 9.77. The van der Waals surface area contributed by atoms with Crippen molar-refractivity contribution in [2.75, 3.05) is 11.1 Å². The zero-order valence-electron chi connectivity index (χ0n) is 9.77. The molecule has 0 unspecified atom stereocenters. The summed E-state index contributed by atoms with van der Waals surface area (Å²) in [6.45, 7) is 1.74. The highest BCUT2D eigenvalue weighted by molar-refractivity contribution is 6.06. The molecule has 3 N–H and O–H groups in total. The van der Waals surface area contributed by atoms with Gasteiger partial charge in [-0.05, 0) is 30.7 Å². The summed E-state index contributed by atoms with van der Waals surface area (Å²) in [6, 6.07) is 6.42. The molecule has 0 atom stereocenters. The normalized spacial score (nSPS) is 10.1. The average Bonchev–Trinajstić information content (AvgIpc) is 2.35. The van der Waals surface area contributed by atoms with Gasteiger partial charge in [-0.1, -0.05) is 6.07 Å². The molecule has 0 aliphatic heterocycles. The van der Waals surface area contributed by atoms with E-state index in [9.17, 15) is 9.18 Å². The minimum atomic E-state index is -0.576. The summed E-state index contributed by atoms with van der Waals surface area (Å²) in [7, 11) is 0. The second-order valence-electron chi connectivity index (χ2n) is 3.83. The van der Waals surface area contributed by atoms with Crippen molar-refractivity contribution >= 4 is 17.3 Å². The van der Waals surface area contributed by atoms with Crippen LogP contribution in [0.1, 0.15) is 15.9 Å². The Bertz CT molecular complexity index is 599. The van der Waals surface area contributed by atoms with E-state index in [1.165, 1.54) is 12.3 Å². The molecule has 1 amide bonds. The fourth-order valence-corrected chi connectivity index (χ4v) is 1.57. The van der Waals surface area contributed by atoms with Crippen molar-refractivity contribution in [3.8, 4) is 0 Å². The number of nitrogens with zero attached hydrogens (tertiary/aromatic N) is 1. The average molecular weight is 245 g/mol. The quantitative estimate of drug-likeness (QED) is 0.798. The van der Waals surface area contributed by atoms with Crippen LogP contribution in [0.4, 0.5) is 15.8 Å². The van der Waals surface area contributed by atoms with Gasteiger partial charge in [-0.25, -0.2) is 4.39 Å². The standard InChI is InChI=1S/C13H12FN3O/c1-8-9(3-2-4-11(8)15)13(18)17-12-5-6-16-7-10(12)14/h2-7H,15H2,1H3,(H,16,17,18). The van der Waals surface area contributed by atoms with Gasteiger partial charge in [-0.3, -0.25) is 9.78 Å². The van der Waals surface area contributed by atoms with Gasteiger partial charge < -0.3 is 11.1 Å². The van der Waals surface area contributed by atoms with E-state index in [0.29, 0.717) is 16.8 Å². The number of carbonyl (C=O) groups excluding carboxylic acids is 1. The highest BCUT2D eigenvalue weighted by Gasteiger charge is 2.12. The summed E-state index contributed by atoms with van der Waals surface area (Å²) in [5, 5.41) is 2.49. The van der Waals surface area contributed by atoms with Crippen LogP contribution in [0.2, 0.25) is 0 Å². The molecule has 0 saturated carbocycles. The summed E-state index contributed by atoms with van der Waals surface area (Å²) in [5.41, 5.74) is 7.43. The minimum absolute atomic E-state index is 0.0943. The predicted octanol–water partition coefficient (Wildman–Crippen LogP) is 2.36. The number of pyridine rings is 1. The SMILES string of the molecule is Cc1c(N)cccc1C(=O)Nc1ccncc1F. The highest BCUT2D eigenvalue weighted by atomic mass is 19.1. The van der Waals surface area contributed by atoms with E-state index in [1.54, 1.807) is 25.1 Å². The second kappa shape index (κ2) is 4.83. The van der Waals surface area contributed by atoms with E-state index in [1.807, 2.05) is 0 Å². The fraction of sp³-hybridized carbons (Fsp3) is 0.0769. The van der Waals surface area contributed by atoms with Crippen molar-refractivity contribution < 1.29 is 9.18 Å². The lowest BCUT2D eigenvalue weighted by Crippen LogP contribution is -2.15. The molecule has 1 aromatic carbocycles. The van der Waals surface area contributed by atoms with Crippen LogP contribution in [0, 0.1) is 12.7 Å². The summed E-state index contributed by atoms with van der Waals surface area (Å²) in [5.74, 6) is -0.975. The molecule has 2 aromatic rings. The molecule has 0 spiro atoms. The molecule has 4 nitrogen and oxygen atoms in total. The van der Waals surface area contributed by atoms with Crippen LogP contribution in [0.3, 0.4) is 0 Å². The third-order valence-corrected chi connectivity index (χ3v) is 2.64. The van der Waals surface area contributed by atoms with E-state index in [-0.39, 0.29) is 5.69 Å². The molecule has 1 heterocycles. The molecular weight excluding hydrogens is 233 g/mol. The maximum atomic E-state index is 13.3. The molecule has 0 aliphatic rings. The van der Waals surface area contributed by atoms with Crippen LogP contribution in [0.15, 0.2) is 36.7 Å². The van der Waals surface area contributed by atoms with Crippen molar-refractivity contribution in [1.82, 2.24) is 4.98 Å². The fourth-order valence-electron chi connectivity index (χ4n) is 1.57. The van der Waals surface area contributed by atoms with Crippen LogP contribution in [-0.2, 0) is 0 Å². The number of hydrogen-bond acceptors (Lipinski definition) is 3. The third kappa shape index (κ3) is 2.29. The van der Waals surface area contributed by atoms with Gasteiger partial charge in [0.05, 0.1) is 11.9 Å². The largest absolute Gasteiger partial charge is 0.398 e. The lowest BCUT2D eigenvalue weighted by Gasteiger charge is -2.09. The van der Waals surface area contributed by atoms with Crippen molar-refractivity contribution in [3.05, 3.63) is 53.6 Å². The molecule has 0 saturated heterocycles. The number of halogens is 1. The Balaban J connectivity index is 2.28. The predicted molar refractivity (Wildman–Crippen MR) is 67.7 cm³/mol. The minimum Gasteiger partial charge on any atom is -0.398 e. The number of nitrogens with two attached hydrogens (primary N) is 1. The number of nitrogens with one attached hydrogen (secondary N) is 1. The number of rotatable bonds is 2. The molecule has 2 rings (SSSR count). The van der Waals surface area contributed by atoms with Crippen LogP contribution in [0.5, 0.6) is 0 Å². The Hall–Kier alpha value is -2.43. The highest BCUT2D eigenvalue weighted by Crippen LogP contribution is 2.18. The van der Waals surface area contributed by atoms with E-state index in [4.69, 9.17) is 5.73 Å². The van der Waals surface area contributed by atoms with Crippen LogP contribution in [-0.4, -0.2) is 10.9 Å². The smallest absolute Gasteiger partial charge is 0.256 e. The molecule has 0 radical (unpaired) electrons. The summed E-state index contributed by atoms with van der Waals surface area (Å²) in [6.07, 6.45) is 2.45. The topological polar surface area (TPSA) is 68.0 Å². The first-order valence-electron chi connectivity index (χ1n) is 5.35. The van der Waals surface area contributed by atoms with Gasteiger partial charge in [0.15, 0.2) is 5.82 Å². The van der Waals surface area contributed by atoms with Gasteiger partial charge in [0, 0.05) is 17.4 Å². The molecule has 0 aliphatic carbocycles. The number of carbonyl (C=O) groups is 1. The summed E-state index contributed by atoms with van der Waals surface area (Å²) >= 11 is 0. The monoisotopic (exact) mass is 245 g/mol. The molecule has 5 heteroatoms. The van der Waals surface area contributed by atoms with Crippen molar-refractivity contribution in [2.45, 2.75) is 6.92 Å². The summed E-state index contributed by atoms with van der Waals surface area (Å²) < 4.78 is 13.3. The Kier molecular flexibility index (Phi) is 3.23.